The Balaban J connectivity index is 1.86. The van der Waals surface area contributed by atoms with Crippen molar-refractivity contribution < 1.29 is 9.47 Å². The van der Waals surface area contributed by atoms with E-state index in [0.717, 1.165) is 36.0 Å². The average molecular weight is 276 g/mol. The van der Waals surface area contributed by atoms with Crippen LogP contribution >= 0.6 is 0 Å². The Morgan fingerprint density at radius 1 is 1.05 bits per heavy atom. The van der Waals surface area contributed by atoms with Crippen molar-refractivity contribution in [3.05, 3.63) is 12.1 Å². The molecular formula is C16H24N2O2. The molecule has 1 saturated heterocycles. The molecule has 0 bridgehead atoms. The monoisotopic (exact) mass is 276 g/mol. The number of hydrogen-bond acceptors (Lipinski definition) is 4. The summed E-state index contributed by atoms with van der Waals surface area (Å²) in [5, 5.41) is 0. The fourth-order valence-electron chi connectivity index (χ4n) is 3.03. The van der Waals surface area contributed by atoms with Crippen molar-refractivity contribution in [2.75, 3.05) is 36.9 Å². The Kier molecular flexibility index (Phi) is 3.40. The van der Waals surface area contributed by atoms with Crippen LogP contribution in [0.4, 0.5) is 11.4 Å². The van der Waals surface area contributed by atoms with Crippen LogP contribution in [0.3, 0.4) is 0 Å². The zero-order valence-electron chi connectivity index (χ0n) is 12.4. The highest BCUT2D eigenvalue weighted by Crippen LogP contribution is 2.40. The summed E-state index contributed by atoms with van der Waals surface area (Å²) in [4.78, 5) is 2.39. The van der Waals surface area contributed by atoms with Gasteiger partial charge in [-0.3, -0.25) is 0 Å². The van der Waals surface area contributed by atoms with Crippen molar-refractivity contribution in [1.29, 1.82) is 0 Å². The second-order valence-corrected chi connectivity index (χ2v) is 6.56. The molecular weight excluding hydrogens is 252 g/mol. The van der Waals surface area contributed by atoms with Gasteiger partial charge in [-0.25, -0.2) is 0 Å². The number of hydrogen-bond donors (Lipinski definition) is 1. The van der Waals surface area contributed by atoms with Crippen molar-refractivity contribution in [2.24, 2.45) is 5.41 Å². The molecule has 0 radical (unpaired) electrons. The quantitative estimate of drug-likeness (QED) is 0.801. The molecule has 0 aromatic heterocycles. The average Bonchev–Trinajstić information content (AvgIpc) is 2.59. The van der Waals surface area contributed by atoms with Crippen LogP contribution in [0.5, 0.6) is 11.5 Å². The summed E-state index contributed by atoms with van der Waals surface area (Å²) in [6.07, 6.45) is 3.68. The minimum Gasteiger partial charge on any atom is -0.486 e. The zero-order chi connectivity index (χ0) is 14.2. The normalized spacial score (nSPS) is 21.4. The van der Waals surface area contributed by atoms with Crippen molar-refractivity contribution in [3.8, 4) is 11.5 Å². The van der Waals surface area contributed by atoms with Gasteiger partial charge in [0, 0.05) is 25.2 Å². The molecule has 4 heteroatoms. The Morgan fingerprint density at radius 3 is 2.50 bits per heavy atom. The maximum atomic E-state index is 6.22. The Labute approximate surface area is 120 Å². The zero-order valence-corrected chi connectivity index (χ0v) is 12.4. The number of nitrogens with zero attached hydrogens (tertiary/aromatic N) is 1. The van der Waals surface area contributed by atoms with Gasteiger partial charge in [0.2, 0.25) is 0 Å². The van der Waals surface area contributed by atoms with Crippen LogP contribution < -0.4 is 20.1 Å². The minimum absolute atomic E-state index is 0.428. The number of ether oxygens (including phenoxy) is 2. The molecule has 1 fully saturated rings. The lowest BCUT2D eigenvalue weighted by Gasteiger charge is -2.28. The molecule has 0 spiro atoms. The molecule has 1 aromatic rings. The molecule has 1 aromatic carbocycles. The lowest BCUT2D eigenvalue weighted by molar-refractivity contribution is 0.172. The van der Waals surface area contributed by atoms with E-state index in [9.17, 15) is 0 Å². The molecule has 110 valence electrons. The topological polar surface area (TPSA) is 47.7 Å². The predicted molar refractivity (Wildman–Crippen MR) is 81.7 cm³/mol. The molecule has 0 atom stereocenters. The van der Waals surface area contributed by atoms with Gasteiger partial charge in [0.15, 0.2) is 11.5 Å². The van der Waals surface area contributed by atoms with Crippen LogP contribution in [-0.4, -0.2) is 26.3 Å². The number of benzene rings is 1. The van der Waals surface area contributed by atoms with Crippen LogP contribution in [0.15, 0.2) is 12.1 Å². The summed E-state index contributed by atoms with van der Waals surface area (Å²) in [5.74, 6) is 1.59. The van der Waals surface area contributed by atoms with Gasteiger partial charge in [0.05, 0.1) is 11.4 Å². The Bertz CT molecular complexity index is 499. The van der Waals surface area contributed by atoms with Crippen molar-refractivity contribution in [2.45, 2.75) is 33.1 Å². The highest BCUT2D eigenvalue weighted by Gasteiger charge is 2.25. The predicted octanol–water partition coefficient (Wildman–Crippen LogP) is 3.06. The van der Waals surface area contributed by atoms with E-state index in [2.05, 4.69) is 18.7 Å². The number of rotatable bonds is 1. The Morgan fingerprint density at radius 2 is 1.75 bits per heavy atom. The van der Waals surface area contributed by atoms with Gasteiger partial charge < -0.3 is 20.1 Å². The van der Waals surface area contributed by atoms with E-state index in [1.165, 1.54) is 19.3 Å². The van der Waals surface area contributed by atoms with Crippen LogP contribution in [0.2, 0.25) is 0 Å². The van der Waals surface area contributed by atoms with E-state index in [4.69, 9.17) is 15.2 Å². The molecule has 3 rings (SSSR count). The van der Waals surface area contributed by atoms with Gasteiger partial charge >= 0.3 is 0 Å². The molecule has 4 nitrogen and oxygen atoms in total. The number of anilines is 2. The van der Waals surface area contributed by atoms with Gasteiger partial charge in [0.1, 0.15) is 13.2 Å². The van der Waals surface area contributed by atoms with Crippen molar-refractivity contribution >= 4 is 11.4 Å². The first-order chi connectivity index (χ1) is 9.55. The SMILES string of the molecule is CC1(C)CCCN(c2cc3c(cc2N)OCCO3)CC1. The molecule has 0 saturated carbocycles. The second-order valence-electron chi connectivity index (χ2n) is 6.56. The smallest absolute Gasteiger partial charge is 0.163 e. The molecule has 0 unspecified atom stereocenters. The molecule has 2 aliphatic rings. The summed E-state index contributed by atoms with van der Waals surface area (Å²) in [6.45, 7) is 8.03. The van der Waals surface area contributed by atoms with Crippen molar-refractivity contribution in [3.63, 3.8) is 0 Å². The summed E-state index contributed by atoms with van der Waals surface area (Å²) in [6, 6.07) is 3.95. The number of nitrogens with two attached hydrogens (primary N) is 1. The lowest BCUT2D eigenvalue weighted by atomic mass is 9.85. The third-order valence-electron chi connectivity index (χ3n) is 4.37. The van der Waals surface area contributed by atoms with Gasteiger partial charge in [-0.05, 0) is 24.7 Å². The first kappa shape index (κ1) is 13.4. The molecule has 20 heavy (non-hydrogen) atoms. The summed E-state index contributed by atoms with van der Waals surface area (Å²) >= 11 is 0. The molecule has 2 N–H and O–H groups in total. The van der Waals surface area contributed by atoms with E-state index < -0.39 is 0 Å². The first-order valence-electron chi connectivity index (χ1n) is 7.49. The maximum absolute atomic E-state index is 6.22. The van der Waals surface area contributed by atoms with Gasteiger partial charge in [0.25, 0.3) is 0 Å². The number of fused-ring (bicyclic) bond motifs is 1. The van der Waals surface area contributed by atoms with Crippen LogP contribution in [-0.2, 0) is 0 Å². The number of nitrogen functional groups attached to an aromatic ring is 1. The maximum Gasteiger partial charge on any atom is 0.163 e. The second kappa shape index (κ2) is 5.08. The van der Waals surface area contributed by atoms with Crippen LogP contribution in [0, 0.1) is 5.41 Å². The first-order valence-corrected chi connectivity index (χ1v) is 7.49. The molecule has 2 aliphatic heterocycles. The van der Waals surface area contributed by atoms with E-state index in [0.29, 0.717) is 18.6 Å². The largest absolute Gasteiger partial charge is 0.486 e. The summed E-state index contributed by atoms with van der Waals surface area (Å²) in [5.41, 5.74) is 8.52. The van der Waals surface area contributed by atoms with Crippen LogP contribution in [0.25, 0.3) is 0 Å². The van der Waals surface area contributed by atoms with Gasteiger partial charge in [-0.1, -0.05) is 13.8 Å². The highest BCUT2D eigenvalue weighted by atomic mass is 16.6. The third kappa shape index (κ3) is 2.65. The van der Waals surface area contributed by atoms with Gasteiger partial charge in [-0.2, -0.15) is 0 Å². The third-order valence-corrected chi connectivity index (χ3v) is 4.37. The molecule has 2 heterocycles. The van der Waals surface area contributed by atoms with E-state index in [-0.39, 0.29) is 0 Å². The summed E-state index contributed by atoms with van der Waals surface area (Å²) in [7, 11) is 0. The van der Waals surface area contributed by atoms with Crippen LogP contribution in [0.1, 0.15) is 33.1 Å². The van der Waals surface area contributed by atoms with E-state index in [1.54, 1.807) is 0 Å². The van der Waals surface area contributed by atoms with Crippen molar-refractivity contribution in [1.82, 2.24) is 0 Å². The summed E-state index contributed by atoms with van der Waals surface area (Å²) < 4.78 is 11.3. The van der Waals surface area contributed by atoms with E-state index >= 15 is 0 Å². The lowest BCUT2D eigenvalue weighted by Crippen LogP contribution is -2.26. The Hall–Kier alpha value is -1.58. The molecule has 0 aliphatic carbocycles. The van der Waals surface area contributed by atoms with E-state index in [1.807, 2.05) is 12.1 Å². The fraction of sp³-hybridized carbons (Fsp3) is 0.625. The minimum atomic E-state index is 0.428. The molecule has 0 amide bonds. The fourth-order valence-corrected chi connectivity index (χ4v) is 3.03. The van der Waals surface area contributed by atoms with Gasteiger partial charge in [-0.15, -0.1) is 0 Å². The standard InChI is InChI=1S/C16H24N2O2/c1-16(2)4-3-6-18(7-5-16)13-11-15-14(10-12(13)17)19-8-9-20-15/h10-11H,3-9,17H2,1-2H3. The highest BCUT2D eigenvalue weighted by molar-refractivity contribution is 5.73.